The van der Waals surface area contributed by atoms with Gasteiger partial charge in [0.2, 0.25) is 0 Å². The number of hydrogen-bond acceptors (Lipinski definition) is 2. The van der Waals surface area contributed by atoms with E-state index in [1.165, 1.54) is 12.1 Å². The second-order valence-corrected chi connectivity index (χ2v) is 5.26. The van der Waals surface area contributed by atoms with Crippen LogP contribution in [0.25, 0.3) is 0 Å². The maximum atomic E-state index is 14.4. The van der Waals surface area contributed by atoms with E-state index in [9.17, 15) is 8.78 Å². The Balaban J connectivity index is 2.18. The quantitative estimate of drug-likeness (QED) is 0.913. The van der Waals surface area contributed by atoms with Crippen LogP contribution in [-0.2, 0) is 6.42 Å². The van der Waals surface area contributed by atoms with Crippen LogP contribution in [0.1, 0.15) is 28.3 Å². The molecule has 1 atom stereocenters. The Morgan fingerprint density at radius 2 is 2.00 bits per heavy atom. The van der Waals surface area contributed by atoms with E-state index in [1.807, 2.05) is 18.2 Å². The van der Waals surface area contributed by atoms with Crippen LogP contribution in [-0.4, -0.2) is 13.7 Å². The van der Waals surface area contributed by atoms with Crippen molar-refractivity contribution in [3.05, 3.63) is 64.2 Å². The predicted octanol–water partition coefficient (Wildman–Crippen LogP) is 3.52. The smallest absolute Gasteiger partial charge is 0.134 e. The molecule has 1 N–H and O–H groups in total. The lowest BCUT2D eigenvalue weighted by atomic mass is 9.88. The van der Waals surface area contributed by atoms with Crippen LogP contribution in [0.4, 0.5) is 8.78 Å². The van der Waals surface area contributed by atoms with E-state index in [2.05, 4.69) is 5.32 Å². The molecule has 21 heavy (non-hydrogen) atoms. The number of methoxy groups -OCH3 is 1. The van der Waals surface area contributed by atoms with Crippen LogP contribution in [0.3, 0.4) is 0 Å². The van der Waals surface area contributed by atoms with Crippen molar-refractivity contribution in [3.63, 3.8) is 0 Å². The Labute approximate surface area is 122 Å². The topological polar surface area (TPSA) is 21.3 Å². The highest BCUT2D eigenvalue weighted by atomic mass is 19.1. The maximum absolute atomic E-state index is 14.4. The number of aryl methyl sites for hydroxylation is 1. The summed E-state index contributed by atoms with van der Waals surface area (Å²) in [5, 5.41) is 3.22. The Morgan fingerprint density at radius 1 is 1.19 bits per heavy atom. The monoisotopic (exact) mass is 289 g/mol. The van der Waals surface area contributed by atoms with Gasteiger partial charge in [-0.1, -0.05) is 18.2 Å². The molecule has 2 aromatic rings. The van der Waals surface area contributed by atoms with Gasteiger partial charge in [-0.05, 0) is 36.6 Å². The minimum Gasteiger partial charge on any atom is -0.496 e. The Kier molecular flexibility index (Phi) is 3.64. The molecular weight excluding hydrogens is 272 g/mol. The van der Waals surface area contributed by atoms with E-state index < -0.39 is 17.7 Å². The van der Waals surface area contributed by atoms with Crippen molar-refractivity contribution < 1.29 is 13.5 Å². The average Bonchev–Trinajstić information content (AvgIpc) is 2.51. The van der Waals surface area contributed by atoms with Crippen molar-refractivity contribution in [1.82, 2.24) is 5.32 Å². The van der Waals surface area contributed by atoms with Crippen molar-refractivity contribution in [1.29, 1.82) is 0 Å². The largest absolute Gasteiger partial charge is 0.496 e. The molecule has 4 heteroatoms. The molecule has 0 bridgehead atoms. The van der Waals surface area contributed by atoms with E-state index in [-0.39, 0.29) is 5.56 Å². The maximum Gasteiger partial charge on any atom is 0.134 e. The van der Waals surface area contributed by atoms with Crippen LogP contribution in [0, 0.1) is 18.6 Å². The lowest BCUT2D eigenvalue weighted by molar-refractivity contribution is 0.402. The molecular formula is C17H17F2NO. The van der Waals surface area contributed by atoms with Gasteiger partial charge in [0.25, 0.3) is 0 Å². The number of fused-ring (bicyclic) bond motifs is 1. The van der Waals surface area contributed by atoms with E-state index in [1.54, 1.807) is 14.0 Å². The zero-order chi connectivity index (χ0) is 15.0. The SMILES string of the molecule is COc1cccc2c1CCNC2c1c(F)ccc(C)c1F. The second kappa shape index (κ2) is 5.45. The third kappa shape index (κ3) is 2.29. The van der Waals surface area contributed by atoms with Crippen LogP contribution in [0.15, 0.2) is 30.3 Å². The summed E-state index contributed by atoms with van der Waals surface area (Å²) in [5.74, 6) is -0.234. The van der Waals surface area contributed by atoms with Crippen LogP contribution >= 0.6 is 0 Å². The number of ether oxygens (including phenoxy) is 1. The van der Waals surface area contributed by atoms with Crippen molar-refractivity contribution in [3.8, 4) is 5.75 Å². The van der Waals surface area contributed by atoms with Crippen molar-refractivity contribution in [2.45, 2.75) is 19.4 Å². The summed E-state index contributed by atoms with van der Waals surface area (Å²) in [6.45, 7) is 2.30. The van der Waals surface area contributed by atoms with Crippen LogP contribution in [0.5, 0.6) is 5.75 Å². The summed E-state index contributed by atoms with van der Waals surface area (Å²) in [6.07, 6.45) is 0.783. The molecule has 1 aliphatic rings. The summed E-state index contributed by atoms with van der Waals surface area (Å²) in [7, 11) is 1.61. The highest BCUT2D eigenvalue weighted by molar-refractivity contribution is 5.48. The first-order chi connectivity index (χ1) is 10.1. The molecule has 0 aliphatic carbocycles. The zero-order valence-electron chi connectivity index (χ0n) is 12.0. The minimum atomic E-state index is -0.522. The van der Waals surface area contributed by atoms with Gasteiger partial charge in [0.1, 0.15) is 17.4 Å². The number of rotatable bonds is 2. The summed E-state index contributed by atoms with van der Waals surface area (Å²) >= 11 is 0. The second-order valence-electron chi connectivity index (χ2n) is 5.26. The molecule has 0 saturated carbocycles. The fourth-order valence-electron chi connectivity index (χ4n) is 2.96. The minimum absolute atomic E-state index is 0.0872. The van der Waals surface area contributed by atoms with Gasteiger partial charge in [-0.3, -0.25) is 0 Å². The molecule has 2 aromatic carbocycles. The molecule has 0 aromatic heterocycles. The summed E-state index contributed by atoms with van der Waals surface area (Å²) in [4.78, 5) is 0. The molecule has 3 rings (SSSR count). The van der Waals surface area contributed by atoms with Gasteiger partial charge >= 0.3 is 0 Å². The standard InChI is InChI=1S/C17H17F2NO/c1-10-6-7-13(18)15(16(10)19)17-12-4-3-5-14(21-2)11(12)8-9-20-17/h3-7,17,20H,8-9H2,1-2H3. The molecule has 0 fully saturated rings. The van der Waals surface area contributed by atoms with Gasteiger partial charge in [-0.2, -0.15) is 0 Å². The fraction of sp³-hybridized carbons (Fsp3) is 0.294. The first kappa shape index (κ1) is 14.0. The third-order valence-corrected chi connectivity index (χ3v) is 4.03. The van der Waals surface area contributed by atoms with Crippen LogP contribution in [0.2, 0.25) is 0 Å². The van der Waals surface area contributed by atoms with Crippen molar-refractivity contribution in [2.24, 2.45) is 0 Å². The van der Waals surface area contributed by atoms with Gasteiger partial charge in [0.05, 0.1) is 13.2 Å². The van der Waals surface area contributed by atoms with Gasteiger partial charge in [0, 0.05) is 17.7 Å². The molecule has 1 unspecified atom stereocenters. The van der Waals surface area contributed by atoms with E-state index >= 15 is 0 Å². The first-order valence-corrected chi connectivity index (χ1v) is 6.97. The van der Waals surface area contributed by atoms with Gasteiger partial charge < -0.3 is 10.1 Å². The highest BCUT2D eigenvalue weighted by Crippen LogP contribution is 2.36. The number of hydrogen-bond donors (Lipinski definition) is 1. The fourth-order valence-corrected chi connectivity index (χ4v) is 2.96. The van der Waals surface area contributed by atoms with Gasteiger partial charge in [0.15, 0.2) is 0 Å². The molecule has 0 amide bonds. The van der Waals surface area contributed by atoms with Gasteiger partial charge in [-0.15, -0.1) is 0 Å². The van der Waals surface area contributed by atoms with E-state index in [0.717, 1.165) is 23.3 Å². The number of halogens is 2. The number of benzene rings is 2. The Hall–Kier alpha value is -1.94. The normalized spacial score (nSPS) is 17.4. The lowest BCUT2D eigenvalue weighted by Gasteiger charge is -2.29. The average molecular weight is 289 g/mol. The summed E-state index contributed by atoms with van der Waals surface area (Å²) in [5.41, 5.74) is 2.43. The zero-order valence-corrected chi connectivity index (χ0v) is 12.0. The van der Waals surface area contributed by atoms with Crippen molar-refractivity contribution in [2.75, 3.05) is 13.7 Å². The molecule has 0 radical (unpaired) electrons. The predicted molar refractivity (Wildman–Crippen MR) is 77.6 cm³/mol. The summed E-state index contributed by atoms with van der Waals surface area (Å²) in [6, 6.07) is 7.93. The van der Waals surface area contributed by atoms with Crippen molar-refractivity contribution >= 4 is 0 Å². The summed E-state index contributed by atoms with van der Waals surface area (Å²) < 4.78 is 34.0. The van der Waals surface area contributed by atoms with E-state index in [4.69, 9.17) is 4.74 Å². The van der Waals surface area contributed by atoms with Gasteiger partial charge in [-0.25, -0.2) is 8.78 Å². The highest BCUT2D eigenvalue weighted by Gasteiger charge is 2.28. The van der Waals surface area contributed by atoms with Crippen LogP contribution < -0.4 is 10.1 Å². The molecule has 0 spiro atoms. The molecule has 1 heterocycles. The molecule has 1 aliphatic heterocycles. The molecule has 2 nitrogen and oxygen atoms in total. The Bertz CT molecular complexity index is 685. The third-order valence-electron chi connectivity index (χ3n) is 4.03. The number of nitrogens with one attached hydrogen (secondary N) is 1. The Morgan fingerprint density at radius 3 is 2.76 bits per heavy atom. The first-order valence-electron chi connectivity index (χ1n) is 6.97. The molecule has 110 valence electrons. The van der Waals surface area contributed by atoms with E-state index in [0.29, 0.717) is 12.1 Å². The molecule has 0 saturated heterocycles. The lowest BCUT2D eigenvalue weighted by Crippen LogP contribution is -2.32.